The number of guanidine groups is 1. The van der Waals surface area contributed by atoms with Crippen LogP contribution in [0.25, 0.3) is 0 Å². The van der Waals surface area contributed by atoms with Crippen molar-refractivity contribution < 1.29 is 6.16 Å². The highest BCUT2D eigenvalue weighted by molar-refractivity contribution is 6.06. The van der Waals surface area contributed by atoms with E-state index < -0.39 is 0 Å². The number of aryl methyl sites for hydroxylation is 2. The number of allylic oxidation sites excluding steroid dienone is 2. The lowest BCUT2D eigenvalue weighted by Gasteiger charge is -2.24. The van der Waals surface area contributed by atoms with E-state index in [1.54, 1.807) is 18.7 Å². The van der Waals surface area contributed by atoms with Crippen LogP contribution in [0.5, 0.6) is 5.75 Å². The third-order valence-corrected chi connectivity index (χ3v) is 5.59. The van der Waals surface area contributed by atoms with E-state index in [2.05, 4.69) is 23.1 Å². The third kappa shape index (κ3) is 8.11. The molecule has 0 spiro atoms. The smallest absolute Gasteiger partial charge is 0.198 e. The molecule has 0 bridgehead atoms. The molecule has 196 valence electrons. The number of amidine groups is 1. The predicted octanol–water partition coefficient (Wildman–Crippen LogP) is 4.15. The van der Waals surface area contributed by atoms with Crippen LogP contribution in [-0.2, 0) is 7.05 Å². The predicted molar refractivity (Wildman–Crippen MR) is 150 cm³/mol. The second-order valence-corrected chi connectivity index (χ2v) is 8.87. The molecule has 36 heavy (non-hydrogen) atoms. The highest BCUT2D eigenvalue weighted by Crippen LogP contribution is 2.17. The number of ether oxygens (including phenoxy) is 1. The van der Waals surface area contributed by atoms with Gasteiger partial charge in [0.15, 0.2) is 11.8 Å². The van der Waals surface area contributed by atoms with Crippen molar-refractivity contribution in [3.63, 3.8) is 0 Å². The minimum atomic E-state index is -0.00305. The second kappa shape index (κ2) is 13.3. The van der Waals surface area contributed by atoms with Crippen LogP contribution in [0, 0.1) is 6.92 Å². The van der Waals surface area contributed by atoms with Crippen molar-refractivity contribution in [3.8, 4) is 5.75 Å². The van der Waals surface area contributed by atoms with Crippen molar-refractivity contribution in [1.82, 2.24) is 24.3 Å². The molecule has 0 aliphatic carbocycles. The normalized spacial score (nSPS) is 13.4. The summed E-state index contributed by atoms with van der Waals surface area (Å²) in [6.07, 6.45) is 7.82. The maximum atomic E-state index is 6.52. The molecule has 2 rings (SSSR count). The number of hydrogen-bond acceptors (Lipinski definition) is 5. The maximum absolute atomic E-state index is 6.52. The highest BCUT2D eigenvalue weighted by Gasteiger charge is 2.17. The zero-order valence-electron chi connectivity index (χ0n) is 22.7. The van der Waals surface area contributed by atoms with E-state index in [9.17, 15) is 0 Å². The number of likely N-dealkylation sites (N-methyl/N-ethyl adjacent to an activating group) is 1. The van der Waals surface area contributed by atoms with E-state index in [1.165, 1.54) is 0 Å². The fourth-order valence-electron chi connectivity index (χ4n) is 3.31. The van der Waals surface area contributed by atoms with Crippen molar-refractivity contribution in [2.24, 2.45) is 22.8 Å². The van der Waals surface area contributed by atoms with E-state index in [4.69, 9.17) is 20.5 Å². The molecule has 0 aliphatic rings. The lowest BCUT2D eigenvalue weighted by Crippen LogP contribution is -2.40. The Labute approximate surface area is 216 Å². The maximum Gasteiger partial charge on any atom is 0.198 e. The second-order valence-electron chi connectivity index (χ2n) is 8.87. The molecule has 0 saturated heterocycles. The summed E-state index contributed by atoms with van der Waals surface area (Å²) in [5, 5.41) is 0. The van der Waals surface area contributed by atoms with Gasteiger partial charge in [0.1, 0.15) is 11.4 Å². The number of hydrogen-bond donors (Lipinski definition) is 1. The fraction of sp³-hybridized carbons (Fsp3) is 0.407. The summed E-state index contributed by atoms with van der Waals surface area (Å²) in [4.78, 5) is 22.0. The molecular formula is C27H42N8O. The molecule has 0 aromatic carbocycles. The Kier molecular flexibility index (Phi) is 10.5. The van der Waals surface area contributed by atoms with E-state index in [-0.39, 0.29) is 7.53 Å². The van der Waals surface area contributed by atoms with E-state index in [1.807, 2.05) is 81.4 Å². The number of nitrogens with zero attached hydrogens (tertiary/aromatic N) is 7. The van der Waals surface area contributed by atoms with Gasteiger partial charge in [-0.05, 0) is 51.5 Å². The van der Waals surface area contributed by atoms with Crippen LogP contribution in [0.4, 0.5) is 0 Å². The molecule has 9 heteroatoms. The molecule has 0 saturated carbocycles. The van der Waals surface area contributed by atoms with Gasteiger partial charge in [-0.25, -0.2) is 9.98 Å². The molecule has 9 nitrogen and oxygen atoms in total. The Hall–Kier alpha value is -3.88. The average Bonchev–Trinajstić information content (AvgIpc) is 3.16. The molecule has 2 aromatic heterocycles. The molecule has 1 atom stereocenters. The SMILES string of the molecule is C=C(C)/C(=C\C(=C)N(C)C)N=C(N=C(N)N(CC)CCC(C)Oc1ccncc1)c1c(C)ncn1C.[HH]. The van der Waals surface area contributed by atoms with Gasteiger partial charge in [-0.15, -0.1) is 0 Å². The van der Waals surface area contributed by atoms with Gasteiger partial charge in [0, 0.05) is 60.2 Å². The minimum Gasteiger partial charge on any atom is -0.491 e. The topological polar surface area (TPSA) is 97.2 Å². The Balaban J connectivity index is 0.00000684. The Morgan fingerprint density at radius 3 is 2.47 bits per heavy atom. The van der Waals surface area contributed by atoms with Gasteiger partial charge in [-0.2, -0.15) is 4.99 Å². The van der Waals surface area contributed by atoms with E-state index >= 15 is 0 Å². The molecule has 1 unspecified atom stereocenters. The van der Waals surface area contributed by atoms with E-state index in [0.29, 0.717) is 30.6 Å². The fourth-order valence-corrected chi connectivity index (χ4v) is 3.31. The quantitative estimate of drug-likeness (QED) is 0.286. The first kappa shape index (κ1) is 28.4. The van der Waals surface area contributed by atoms with Crippen LogP contribution in [0.15, 0.2) is 77.0 Å². The van der Waals surface area contributed by atoms with Gasteiger partial charge in [0.05, 0.1) is 23.8 Å². The Morgan fingerprint density at radius 1 is 1.28 bits per heavy atom. The molecular weight excluding hydrogens is 452 g/mol. The van der Waals surface area contributed by atoms with Crippen molar-refractivity contribution in [2.45, 2.75) is 40.2 Å². The zero-order valence-corrected chi connectivity index (χ0v) is 22.7. The van der Waals surface area contributed by atoms with Gasteiger partial charge >= 0.3 is 0 Å². The molecule has 2 heterocycles. The first-order chi connectivity index (χ1) is 17.0. The van der Waals surface area contributed by atoms with Crippen LogP contribution in [0.1, 0.15) is 40.0 Å². The number of aromatic nitrogens is 3. The number of imidazole rings is 1. The molecule has 2 N–H and O–H groups in total. The van der Waals surface area contributed by atoms with Gasteiger partial charge in [-0.3, -0.25) is 4.98 Å². The van der Waals surface area contributed by atoms with Crippen molar-refractivity contribution >= 4 is 11.8 Å². The van der Waals surface area contributed by atoms with Crippen LogP contribution in [-0.4, -0.2) is 69.4 Å². The first-order valence-corrected chi connectivity index (χ1v) is 12.0. The molecule has 0 amide bonds. The van der Waals surface area contributed by atoms with Crippen molar-refractivity contribution in [1.29, 1.82) is 0 Å². The average molecular weight is 495 g/mol. The summed E-state index contributed by atoms with van der Waals surface area (Å²) in [6, 6.07) is 3.70. The lowest BCUT2D eigenvalue weighted by molar-refractivity contribution is 0.198. The Bertz CT molecular complexity index is 1120. The van der Waals surface area contributed by atoms with Crippen LogP contribution < -0.4 is 10.5 Å². The van der Waals surface area contributed by atoms with Gasteiger partial charge in [0.25, 0.3) is 0 Å². The lowest BCUT2D eigenvalue weighted by atomic mass is 10.2. The molecule has 0 radical (unpaired) electrons. The van der Waals surface area contributed by atoms with Gasteiger partial charge in [-0.1, -0.05) is 13.2 Å². The van der Waals surface area contributed by atoms with Gasteiger partial charge < -0.3 is 24.8 Å². The Morgan fingerprint density at radius 2 is 1.94 bits per heavy atom. The summed E-state index contributed by atoms with van der Waals surface area (Å²) < 4.78 is 7.88. The summed E-state index contributed by atoms with van der Waals surface area (Å²) >= 11 is 0. The molecule has 0 aliphatic heterocycles. The molecule has 2 aromatic rings. The monoisotopic (exact) mass is 494 g/mol. The van der Waals surface area contributed by atoms with Crippen molar-refractivity contribution in [3.05, 3.63) is 78.4 Å². The molecule has 0 fully saturated rings. The number of pyridine rings is 1. The number of nitrogens with two attached hydrogens (primary N) is 1. The third-order valence-electron chi connectivity index (χ3n) is 5.59. The van der Waals surface area contributed by atoms with Crippen molar-refractivity contribution in [2.75, 3.05) is 27.2 Å². The van der Waals surface area contributed by atoms with Crippen LogP contribution in [0.2, 0.25) is 0 Å². The highest BCUT2D eigenvalue weighted by atomic mass is 16.5. The summed E-state index contributed by atoms with van der Waals surface area (Å²) in [7, 11) is 5.77. The van der Waals surface area contributed by atoms with Crippen LogP contribution in [0.3, 0.4) is 0 Å². The largest absolute Gasteiger partial charge is 0.491 e. The van der Waals surface area contributed by atoms with Crippen LogP contribution >= 0.6 is 0 Å². The number of aliphatic imine (C=N–C) groups is 2. The zero-order chi connectivity index (χ0) is 26.8. The summed E-state index contributed by atoms with van der Waals surface area (Å²) in [6.45, 7) is 17.5. The summed E-state index contributed by atoms with van der Waals surface area (Å²) in [5.74, 6) is 1.63. The standard InChI is InChI=1S/C27H40N8O.H2/c1-10-35(16-13-21(5)36-23-11-14-29-15-12-23)27(28)32-26(25-22(6)30-18-34(25)9)31-24(19(2)3)17-20(4)33(7)8;/h11-12,14-15,17-18,21H,2,4,10,13,16H2,1,3,5-9H3,(H2,28,31,32);1H/b24-17+;. The minimum absolute atomic E-state index is 0. The first-order valence-electron chi connectivity index (χ1n) is 12.0. The van der Waals surface area contributed by atoms with E-state index in [0.717, 1.165) is 34.8 Å². The summed E-state index contributed by atoms with van der Waals surface area (Å²) in [5.41, 5.74) is 10.4. The number of rotatable bonds is 11. The van der Waals surface area contributed by atoms with Gasteiger partial charge in [0.2, 0.25) is 0 Å².